The number of anilines is 1. The monoisotopic (exact) mass is 351 g/mol. The third-order valence-electron chi connectivity index (χ3n) is 3.08. The zero-order valence-electron chi connectivity index (χ0n) is 11.9. The van der Waals surface area contributed by atoms with Crippen molar-refractivity contribution in [2.75, 3.05) is 5.32 Å². The topological polar surface area (TPSA) is 54.9 Å². The lowest BCUT2D eigenvalue weighted by Gasteiger charge is -2.12. The molecule has 0 saturated heterocycles. The fraction of sp³-hybridized carbons (Fsp3) is 0.133. The Labute approximate surface area is 139 Å². The Morgan fingerprint density at radius 3 is 2.74 bits per heavy atom. The molecular formula is C15H11F2N3OS2. The van der Waals surface area contributed by atoms with Crippen LogP contribution in [0.4, 0.5) is 14.5 Å². The Morgan fingerprint density at radius 2 is 2.00 bits per heavy atom. The summed E-state index contributed by atoms with van der Waals surface area (Å²) in [4.78, 5) is 20.5. The molecule has 0 saturated carbocycles. The molecule has 2 heterocycles. The van der Waals surface area contributed by atoms with Gasteiger partial charge in [0.2, 0.25) is 5.91 Å². The molecule has 3 aromatic rings. The first kappa shape index (κ1) is 15.8. The van der Waals surface area contributed by atoms with Crippen LogP contribution in [0.3, 0.4) is 0 Å². The molecule has 0 fully saturated rings. The summed E-state index contributed by atoms with van der Waals surface area (Å²) in [6.07, 6.45) is 1.43. The van der Waals surface area contributed by atoms with E-state index in [1.165, 1.54) is 35.5 Å². The van der Waals surface area contributed by atoms with Gasteiger partial charge < -0.3 is 5.32 Å². The van der Waals surface area contributed by atoms with E-state index in [1.54, 1.807) is 6.92 Å². The van der Waals surface area contributed by atoms with E-state index >= 15 is 0 Å². The largest absolute Gasteiger partial charge is 0.320 e. The molecule has 1 N–H and O–H groups in total. The van der Waals surface area contributed by atoms with E-state index in [0.29, 0.717) is 5.03 Å². The maximum Gasteiger partial charge on any atom is 0.237 e. The molecule has 0 aliphatic carbocycles. The molecule has 8 heteroatoms. The van der Waals surface area contributed by atoms with Crippen LogP contribution in [0.5, 0.6) is 0 Å². The minimum atomic E-state index is -0.807. The number of thiophene rings is 1. The van der Waals surface area contributed by atoms with Crippen LogP contribution < -0.4 is 5.32 Å². The zero-order valence-corrected chi connectivity index (χ0v) is 13.5. The van der Waals surface area contributed by atoms with Crippen LogP contribution in [0.2, 0.25) is 0 Å². The van der Waals surface area contributed by atoms with Gasteiger partial charge in [0.1, 0.15) is 28.7 Å². The van der Waals surface area contributed by atoms with Crippen LogP contribution >= 0.6 is 23.1 Å². The number of halogens is 2. The van der Waals surface area contributed by atoms with Gasteiger partial charge in [0, 0.05) is 0 Å². The number of rotatable bonds is 4. The Balaban J connectivity index is 1.77. The fourth-order valence-electron chi connectivity index (χ4n) is 1.91. The van der Waals surface area contributed by atoms with Crippen molar-refractivity contribution in [3.63, 3.8) is 0 Å². The van der Waals surface area contributed by atoms with E-state index in [4.69, 9.17) is 0 Å². The number of hydrogen-bond acceptors (Lipinski definition) is 5. The van der Waals surface area contributed by atoms with Gasteiger partial charge in [-0.1, -0.05) is 17.8 Å². The number of thioether (sulfide) groups is 1. The maximum absolute atomic E-state index is 13.6. The van der Waals surface area contributed by atoms with Crippen molar-refractivity contribution in [2.24, 2.45) is 0 Å². The molecule has 0 bridgehead atoms. The molecule has 1 amide bonds. The van der Waals surface area contributed by atoms with Crippen LogP contribution in [-0.4, -0.2) is 21.1 Å². The lowest BCUT2D eigenvalue weighted by molar-refractivity contribution is -0.115. The standard InChI is InChI=1S/C15H11F2N3OS2/c1-8(14(21)20-12-9(16)3-2-4-10(12)17)23-15-13-11(5-6-22-13)18-7-19-15/h2-8H,1H3,(H,20,21)/t8-/m0/s1. The second-order valence-electron chi connectivity index (χ2n) is 4.66. The summed E-state index contributed by atoms with van der Waals surface area (Å²) in [5.74, 6) is -2.11. The SMILES string of the molecule is C[C@H](Sc1ncnc2ccsc12)C(=O)Nc1c(F)cccc1F. The number of fused-ring (bicyclic) bond motifs is 1. The maximum atomic E-state index is 13.6. The molecule has 0 aliphatic rings. The van der Waals surface area contributed by atoms with E-state index in [9.17, 15) is 13.6 Å². The van der Waals surface area contributed by atoms with Crippen molar-refractivity contribution in [3.8, 4) is 0 Å². The van der Waals surface area contributed by atoms with Gasteiger partial charge in [-0.05, 0) is 30.5 Å². The predicted octanol–water partition coefficient (Wildman–Crippen LogP) is 4.09. The summed E-state index contributed by atoms with van der Waals surface area (Å²) in [5.41, 5.74) is 0.370. The molecule has 118 valence electrons. The van der Waals surface area contributed by atoms with Crippen molar-refractivity contribution in [1.82, 2.24) is 9.97 Å². The van der Waals surface area contributed by atoms with Crippen molar-refractivity contribution >= 4 is 44.9 Å². The summed E-state index contributed by atoms with van der Waals surface area (Å²) in [5, 5.41) is 4.28. The fourth-order valence-corrected chi connectivity index (χ4v) is 3.75. The number of nitrogens with zero attached hydrogens (tertiary/aromatic N) is 2. The summed E-state index contributed by atoms with van der Waals surface area (Å²) in [6, 6.07) is 5.30. The van der Waals surface area contributed by atoms with Gasteiger partial charge in [-0.2, -0.15) is 0 Å². The third kappa shape index (κ3) is 3.32. The first-order chi connectivity index (χ1) is 11.1. The Hall–Kier alpha value is -2.06. The average Bonchev–Trinajstić information content (AvgIpc) is 3.00. The molecule has 0 unspecified atom stereocenters. The van der Waals surface area contributed by atoms with Crippen LogP contribution in [0.25, 0.3) is 10.2 Å². The van der Waals surface area contributed by atoms with E-state index in [0.717, 1.165) is 22.3 Å². The minimum absolute atomic E-state index is 0.436. The molecular weight excluding hydrogens is 340 g/mol. The molecule has 0 spiro atoms. The second-order valence-corrected chi connectivity index (χ2v) is 6.91. The van der Waals surface area contributed by atoms with Gasteiger partial charge in [-0.25, -0.2) is 18.7 Å². The number of carbonyl (C=O) groups excluding carboxylic acids is 1. The Morgan fingerprint density at radius 1 is 1.26 bits per heavy atom. The lowest BCUT2D eigenvalue weighted by atomic mass is 10.3. The van der Waals surface area contributed by atoms with Crippen LogP contribution in [0, 0.1) is 11.6 Å². The molecule has 0 radical (unpaired) electrons. The number of carbonyl (C=O) groups is 1. The van der Waals surface area contributed by atoms with Crippen LogP contribution in [-0.2, 0) is 4.79 Å². The Kier molecular flexibility index (Phi) is 4.53. The van der Waals surface area contributed by atoms with E-state index < -0.39 is 28.5 Å². The van der Waals surface area contributed by atoms with E-state index in [2.05, 4.69) is 15.3 Å². The first-order valence-electron chi connectivity index (χ1n) is 6.66. The minimum Gasteiger partial charge on any atom is -0.320 e. The van der Waals surface area contributed by atoms with Crippen LogP contribution in [0.1, 0.15) is 6.92 Å². The number of amides is 1. The average molecular weight is 351 g/mol. The van der Waals surface area contributed by atoms with Crippen LogP contribution in [0.15, 0.2) is 41.0 Å². The smallest absolute Gasteiger partial charge is 0.237 e. The summed E-state index contributed by atoms with van der Waals surface area (Å²) < 4.78 is 28.1. The molecule has 1 aromatic carbocycles. The van der Waals surface area contributed by atoms with Crippen molar-refractivity contribution in [3.05, 3.63) is 47.6 Å². The quantitative estimate of drug-likeness (QED) is 0.568. The van der Waals surface area contributed by atoms with Gasteiger partial charge >= 0.3 is 0 Å². The van der Waals surface area contributed by atoms with Crippen molar-refractivity contribution in [2.45, 2.75) is 17.2 Å². The summed E-state index contributed by atoms with van der Waals surface area (Å²) in [6.45, 7) is 1.65. The third-order valence-corrected chi connectivity index (χ3v) is 5.22. The molecule has 23 heavy (non-hydrogen) atoms. The number of hydrogen-bond donors (Lipinski definition) is 1. The first-order valence-corrected chi connectivity index (χ1v) is 8.42. The summed E-state index contributed by atoms with van der Waals surface area (Å²) >= 11 is 2.70. The highest BCUT2D eigenvalue weighted by Gasteiger charge is 2.20. The Bertz CT molecular complexity index is 849. The van der Waals surface area contributed by atoms with E-state index in [-0.39, 0.29) is 0 Å². The molecule has 4 nitrogen and oxygen atoms in total. The molecule has 1 atom stereocenters. The molecule has 0 aliphatic heterocycles. The number of aromatic nitrogens is 2. The highest BCUT2D eigenvalue weighted by atomic mass is 32.2. The van der Waals surface area contributed by atoms with E-state index in [1.807, 2.05) is 11.4 Å². The lowest BCUT2D eigenvalue weighted by Crippen LogP contribution is -2.23. The normalized spacial score (nSPS) is 12.3. The number of benzene rings is 1. The molecule has 3 rings (SSSR count). The van der Waals surface area contributed by atoms with Gasteiger partial charge in [-0.3, -0.25) is 4.79 Å². The number of nitrogens with one attached hydrogen (secondary N) is 1. The number of para-hydroxylation sites is 1. The van der Waals surface area contributed by atoms with Gasteiger partial charge in [0.25, 0.3) is 0 Å². The molecule has 2 aromatic heterocycles. The highest BCUT2D eigenvalue weighted by Crippen LogP contribution is 2.31. The van der Waals surface area contributed by atoms with Gasteiger partial charge in [-0.15, -0.1) is 11.3 Å². The second kappa shape index (κ2) is 6.59. The highest BCUT2D eigenvalue weighted by molar-refractivity contribution is 8.00. The van der Waals surface area contributed by atoms with Gasteiger partial charge in [0.15, 0.2) is 0 Å². The predicted molar refractivity (Wildman–Crippen MR) is 87.7 cm³/mol. The van der Waals surface area contributed by atoms with Crippen molar-refractivity contribution in [1.29, 1.82) is 0 Å². The van der Waals surface area contributed by atoms with Gasteiger partial charge in [0.05, 0.1) is 15.5 Å². The summed E-state index contributed by atoms with van der Waals surface area (Å²) in [7, 11) is 0. The zero-order chi connectivity index (χ0) is 16.4. The van der Waals surface area contributed by atoms with Crippen molar-refractivity contribution < 1.29 is 13.6 Å².